The van der Waals surface area contributed by atoms with Gasteiger partial charge in [-0.2, -0.15) is 0 Å². The number of hydrogen-bond acceptors (Lipinski definition) is 2. The molecule has 0 aliphatic carbocycles. The van der Waals surface area contributed by atoms with Gasteiger partial charge in [-0.3, -0.25) is 0 Å². The molecule has 7 aromatic rings. The summed E-state index contributed by atoms with van der Waals surface area (Å²) in [5, 5.41) is 8.93. The number of thiazole rings is 1. The van der Waals surface area contributed by atoms with Gasteiger partial charge in [0.05, 0.1) is 10.2 Å². The first-order chi connectivity index (χ1) is 17.0. The van der Waals surface area contributed by atoms with Crippen LogP contribution >= 0.6 is 11.3 Å². The largest absolute Gasteiger partial charge is 0.236 e. The quantitative estimate of drug-likeness (QED) is 0.231. The molecule has 0 saturated heterocycles. The fourth-order valence-corrected chi connectivity index (χ4v) is 6.38. The summed E-state index contributed by atoms with van der Waals surface area (Å²) in [6, 6.07) is 35.7. The van der Waals surface area contributed by atoms with Gasteiger partial charge in [-0.25, -0.2) is 4.98 Å². The number of nitrogens with zero attached hydrogens (tertiary/aromatic N) is 1. The number of para-hydroxylation sites is 1. The zero-order valence-corrected chi connectivity index (χ0v) is 20.9. The minimum absolute atomic E-state index is 0.151. The van der Waals surface area contributed by atoms with E-state index in [9.17, 15) is 0 Å². The molecule has 0 N–H and O–H groups in total. The standard InChI is InChI=1S/C33H25NS/c1-33(2,3)23-14-8-20(9-15-23)24-16-10-21-12-18-26-27(32-34-28-6-4-5-7-29(28)35-32)19-13-22-11-17-25(24)30(21)31(22)26/h4-19H,1-3H3. The van der Waals surface area contributed by atoms with Crippen molar-refractivity contribution in [2.24, 2.45) is 0 Å². The summed E-state index contributed by atoms with van der Waals surface area (Å²) in [7, 11) is 0. The molecule has 0 atom stereocenters. The number of fused-ring (bicyclic) bond motifs is 1. The van der Waals surface area contributed by atoms with E-state index in [4.69, 9.17) is 4.98 Å². The first-order valence-electron chi connectivity index (χ1n) is 12.1. The van der Waals surface area contributed by atoms with E-state index in [-0.39, 0.29) is 5.41 Å². The van der Waals surface area contributed by atoms with Crippen LogP contribution in [0.1, 0.15) is 26.3 Å². The fraction of sp³-hybridized carbons (Fsp3) is 0.121. The topological polar surface area (TPSA) is 12.9 Å². The van der Waals surface area contributed by atoms with Gasteiger partial charge in [0.15, 0.2) is 0 Å². The van der Waals surface area contributed by atoms with Crippen LogP contribution in [0, 0.1) is 0 Å². The molecule has 168 valence electrons. The van der Waals surface area contributed by atoms with E-state index in [1.165, 1.54) is 59.3 Å². The number of aromatic nitrogens is 1. The van der Waals surface area contributed by atoms with Crippen LogP contribution < -0.4 is 0 Å². The predicted molar refractivity (Wildman–Crippen MR) is 153 cm³/mol. The number of rotatable bonds is 2. The zero-order chi connectivity index (χ0) is 23.7. The Kier molecular flexibility index (Phi) is 4.34. The van der Waals surface area contributed by atoms with Crippen molar-refractivity contribution in [3.05, 3.63) is 103 Å². The van der Waals surface area contributed by atoms with Crippen molar-refractivity contribution in [1.29, 1.82) is 0 Å². The summed E-state index contributed by atoms with van der Waals surface area (Å²) in [5.41, 5.74) is 6.35. The maximum absolute atomic E-state index is 4.98. The Bertz CT molecular complexity index is 1830. The molecule has 0 bridgehead atoms. The van der Waals surface area contributed by atoms with E-state index >= 15 is 0 Å². The monoisotopic (exact) mass is 467 g/mol. The van der Waals surface area contributed by atoms with Crippen LogP contribution in [0.3, 0.4) is 0 Å². The van der Waals surface area contributed by atoms with Crippen molar-refractivity contribution in [1.82, 2.24) is 4.98 Å². The van der Waals surface area contributed by atoms with E-state index in [1.807, 2.05) is 0 Å². The second-order valence-electron chi connectivity index (χ2n) is 10.5. The molecule has 1 aromatic heterocycles. The van der Waals surface area contributed by atoms with Crippen LogP contribution in [0.5, 0.6) is 0 Å². The van der Waals surface area contributed by atoms with Crippen LogP contribution in [0.15, 0.2) is 97.1 Å². The van der Waals surface area contributed by atoms with Gasteiger partial charge in [-0.15, -0.1) is 11.3 Å². The molecule has 1 nitrogen and oxygen atoms in total. The smallest absolute Gasteiger partial charge is 0.125 e. The molecule has 2 heteroatoms. The highest BCUT2D eigenvalue weighted by Gasteiger charge is 2.17. The van der Waals surface area contributed by atoms with Crippen molar-refractivity contribution in [2.45, 2.75) is 26.2 Å². The van der Waals surface area contributed by atoms with Gasteiger partial charge in [0.1, 0.15) is 5.01 Å². The third-order valence-electron chi connectivity index (χ3n) is 7.25. The van der Waals surface area contributed by atoms with Crippen LogP contribution in [0.2, 0.25) is 0 Å². The third kappa shape index (κ3) is 3.17. The van der Waals surface area contributed by atoms with Crippen molar-refractivity contribution >= 4 is 53.9 Å². The average molecular weight is 468 g/mol. The summed E-state index contributed by atoms with van der Waals surface area (Å²) in [4.78, 5) is 4.98. The van der Waals surface area contributed by atoms with Crippen LogP contribution in [0.4, 0.5) is 0 Å². The summed E-state index contributed by atoms with van der Waals surface area (Å²) in [5.74, 6) is 0. The molecule has 0 radical (unpaired) electrons. The van der Waals surface area contributed by atoms with Gasteiger partial charge in [-0.1, -0.05) is 106 Å². The maximum atomic E-state index is 4.98. The minimum Gasteiger partial charge on any atom is -0.236 e. The summed E-state index contributed by atoms with van der Waals surface area (Å²) in [6.45, 7) is 6.80. The van der Waals surface area contributed by atoms with E-state index in [1.54, 1.807) is 11.3 Å². The molecule has 0 unspecified atom stereocenters. The van der Waals surface area contributed by atoms with Gasteiger partial charge in [0.2, 0.25) is 0 Å². The second kappa shape index (κ2) is 7.37. The van der Waals surface area contributed by atoms with Crippen LogP contribution in [-0.4, -0.2) is 4.98 Å². The predicted octanol–water partition coefficient (Wildman–Crippen LogP) is 9.83. The molecule has 6 aromatic carbocycles. The SMILES string of the molecule is CC(C)(C)c1ccc(-c2ccc3ccc4c(-c5nc6ccccc6s5)ccc5ccc2c3c54)cc1. The summed E-state index contributed by atoms with van der Waals surface area (Å²) in [6.07, 6.45) is 0. The lowest BCUT2D eigenvalue weighted by Crippen LogP contribution is -2.10. The normalized spacial score (nSPS) is 12.4. The van der Waals surface area contributed by atoms with E-state index in [2.05, 4.69) is 118 Å². The molecular weight excluding hydrogens is 442 g/mol. The van der Waals surface area contributed by atoms with Crippen molar-refractivity contribution in [3.8, 4) is 21.7 Å². The van der Waals surface area contributed by atoms with E-state index in [0.717, 1.165) is 10.5 Å². The summed E-state index contributed by atoms with van der Waals surface area (Å²) >= 11 is 1.77. The Morgan fingerprint density at radius 3 is 1.86 bits per heavy atom. The summed E-state index contributed by atoms with van der Waals surface area (Å²) < 4.78 is 1.23. The highest BCUT2D eigenvalue weighted by Crippen LogP contribution is 2.43. The fourth-order valence-electron chi connectivity index (χ4n) is 5.38. The lowest BCUT2D eigenvalue weighted by atomic mass is 9.85. The molecule has 7 rings (SSSR count). The Balaban J connectivity index is 1.49. The number of hydrogen-bond donors (Lipinski definition) is 0. The van der Waals surface area contributed by atoms with Crippen molar-refractivity contribution in [3.63, 3.8) is 0 Å². The number of benzene rings is 6. The lowest BCUT2D eigenvalue weighted by molar-refractivity contribution is 0.590. The van der Waals surface area contributed by atoms with E-state index in [0.29, 0.717) is 0 Å². The third-order valence-corrected chi connectivity index (χ3v) is 8.32. The van der Waals surface area contributed by atoms with Gasteiger partial charge in [-0.05, 0) is 66.6 Å². The molecule has 0 saturated carbocycles. The molecule has 0 amide bonds. The van der Waals surface area contributed by atoms with Gasteiger partial charge in [0, 0.05) is 5.56 Å². The highest BCUT2D eigenvalue weighted by molar-refractivity contribution is 7.21. The second-order valence-corrected chi connectivity index (χ2v) is 11.5. The Morgan fingerprint density at radius 2 is 1.20 bits per heavy atom. The highest BCUT2D eigenvalue weighted by atomic mass is 32.1. The van der Waals surface area contributed by atoms with Gasteiger partial charge >= 0.3 is 0 Å². The van der Waals surface area contributed by atoms with Crippen molar-refractivity contribution < 1.29 is 0 Å². The molecular formula is C33H25NS. The molecule has 35 heavy (non-hydrogen) atoms. The molecule has 0 aliphatic rings. The Labute approximate surface area is 209 Å². The van der Waals surface area contributed by atoms with Gasteiger partial charge < -0.3 is 0 Å². The molecule has 0 spiro atoms. The van der Waals surface area contributed by atoms with E-state index < -0.39 is 0 Å². The molecule has 0 aliphatic heterocycles. The first-order valence-corrected chi connectivity index (χ1v) is 13.0. The molecule has 1 heterocycles. The van der Waals surface area contributed by atoms with Gasteiger partial charge in [0.25, 0.3) is 0 Å². The lowest BCUT2D eigenvalue weighted by Gasteiger charge is -2.20. The van der Waals surface area contributed by atoms with Crippen molar-refractivity contribution in [2.75, 3.05) is 0 Å². The maximum Gasteiger partial charge on any atom is 0.125 e. The molecule has 0 fully saturated rings. The Morgan fingerprint density at radius 1 is 0.600 bits per heavy atom. The van der Waals surface area contributed by atoms with Crippen LogP contribution in [0.25, 0.3) is 64.2 Å². The van der Waals surface area contributed by atoms with Crippen LogP contribution in [-0.2, 0) is 5.41 Å². The Hall–Kier alpha value is -3.75. The minimum atomic E-state index is 0.151. The first kappa shape index (κ1) is 20.6. The average Bonchev–Trinajstić information content (AvgIpc) is 3.31. The zero-order valence-electron chi connectivity index (χ0n) is 20.1.